The van der Waals surface area contributed by atoms with Crippen LogP contribution in [-0.4, -0.2) is 45.7 Å². The minimum Gasteiger partial charge on any atom is -0.367 e. The summed E-state index contributed by atoms with van der Waals surface area (Å²) in [5.41, 5.74) is -0.522. The number of rotatable bonds is 5. The molecule has 0 bridgehead atoms. The minimum atomic E-state index is -4.57. The zero-order chi connectivity index (χ0) is 23.0. The van der Waals surface area contributed by atoms with Gasteiger partial charge in [0.1, 0.15) is 23.0 Å². The van der Waals surface area contributed by atoms with Gasteiger partial charge in [0.15, 0.2) is 5.65 Å². The summed E-state index contributed by atoms with van der Waals surface area (Å²) in [6.45, 7) is 5.78. The SMILES string of the molecule is CC(C)Cc1nnc2c(C(F)(F)F)c(CN3CCN(c4ccc(F)cc4F)CC3)ccn12. The molecule has 10 heteroatoms. The summed E-state index contributed by atoms with van der Waals surface area (Å²) in [4.78, 5) is 3.67. The zero-order valence-corrected chi connectivity index (χ0v) is 17.8. The number of pyridine rings is 1. The van der Waals surface area contributed by atoms with Crippen LogP contribution in [0.2, 0.25) is 0 Å². The van der Waals surface area contributed by atoms with Crippen molar-refractivity contribution in [3.8, 4) is 0 Å². The number of halogens is 5. The molecule has 3 aromatic rings. The molecule has 0 spiro atoms. The first-order valence-corrected chi connectivity index (χ1v) is 10.5. The molecule has 0 unspecified atom stereocenters. The number of hydrogen-bond donors (Lipinski definition) is 0. The van der Waals surface area contributed by atoms with Gasteiger partial charge in [0, 0.05) is 51.4 Å². The highest BCUT2D eigenvalue weighted by atomic mass is 19.4. The van der Waals surface area contributed by atoms with E-state index < -0.39 is 23.4 Å². The van der Waals surface area contributed by atoms with Crippen LogP contribution < -0.4 is 4.90 Å². The Morgan fingerprint density at radius 2 is 1.72 bits per heavy atom. The second-order valence-corrected chi connectivity index (χ2v) is 8.48. The van der Waals surface area contributed by atoms with Crippen LogP contribution in [-0.2, 0) is 19.1 Å². The number of fused-ring (bicyclic) bond motifs is 1. The average Bonchev–Trinajstić information content (AvgIpc) is 3.09. The fourth-order valence-electron chi connectivity index (χ4n) is 4.11. The van der Waals surface area contributed by atoms with Gasteiger partial charge in [-0.2, -0.15) is 13.2 Å². The number of piperazine rings is 1. The molecule has 32 heavy (non-hydrogen) atoms. The zero-order valence-electron chi connectivity index (χ0n) is 17.8. The van der Waals surface area contributed by atoms with Gasteiger partial charge in [-0.25, -0.2) is 8.78 Å². The van der Waals surface area contributed by atoms with Crippen molar-refractivity contribution in [2.45, 2.75) is 33.0 Å². The Morgan fingerprint density at radius 3 is 2.34 bits per heavy atom. The maximum absolute atomic E-state index is 14.1. The maximum Gasteiger partial charge on any atom is 0.420 e. The lowest BCUT2D eigenvalue weighted by Crippen LogP contribution is -2.46. The van der Waals surface area contributed by atoms with Gasteiger partial charge in [0.25, 0.3) is 0 Å². The van der Waals surface area contributed by atoms with Gasteiger partial charge in [-0.15, -0.1) is 10.2 Å². The molecule has 0 radical (unpaired) electrons. The highest BCUT2D eigenvalue weighted by molar-refractivity contribution is 5.54. The molecule has 0 aliphatic carbocycles. The van der Waals surface area contributed by atoms with Gasteiger partial charge in [0.2, 0.25) is 0 Å². The number of anilines is 1. The predicted molar refractivity (Wildman–Crippen MR) is 110 cm³/mol. The maximum atomic E-state index is 14.1. The quantitative estimate of drug-likeness (QED) is 0.532. The third-order valence-corrected chi connectivity index (χ3v) is 5.63. The summed E-state index contributed by atoms with van der Waals surface area (Å²) in [5.74, 6) is -0.557. The Balaban J connectivity index is 1.54. The smallest absolute Gasteiger partial charge is 0.367 e. The first-order chi connectivity index (χ1) is 15.1. The molecule has 2 aromatic heterocycles. The monoisotopic (exact) mass is 453 g/mol. The number of hydrogen-bond acceptors (Lipinski definition) is 4. The number of alkyl halides is 3. The molecule has 0 atom stereocenters. The summed E-state index contributed by atoms with van der Waals surface area (Å²) in [6, 6.07) is 4.89. The lowest BCUT2D eigenvalue weighted by atomic mass is 10.1. The third-order valence-electron chi connectivity index (χ3n) is 5.63. The molecule has 0 saturated carbocycles. The van der Waals surface area contributed by atoms with E-state index in [0.29, 0.717) is 44.1 Å². The van der Waals surface area contributed by atoms with Crippen molar-refractivity contribution < 1.29 is 22.0 Å². The summed E-state index contributed by atoms with van der Waals surface area (Å²) >= 11 is 0. The number of aromatic nitrogens is 3. The Hall–Kier alpha value is -2.75. The molecule has 1 fully saturated rings. The molecule has 4 rings (SSSR count). The largest absolute Gasteiger partial charge is 0.420 e. The first kappa shape index (κ1) is 22.4. The molecular weight excluding hydrogens is 429 g/mol. The predicted octanol–water partition coefficient (Wildman–Crippen LogP) is 4.55. The Kier molecular flexibility index (Phi) is 6.07. The van der Waals surface area contributed by atoms with Crippen molar-refractivity contribution in [1.29, 1.82) is 0 Å². The molecule has 3 heterocycles. The van der Waals surface area contributed by atoms with Crippen LogP contribution >= 0.6 is 0 Å². The van der Waals surface area contributed by atoms with E-state index in [-0.39, 0.29) is 23.7 Å². The fraction of sp³-hybridized carbons (Fsp3) is 0.455. The van der Waals surface area contributed by atoms with E-state index in [0.717, 1.165) is 6.07 Å². The van der Waals surface area contributed by atoms with Crippen LogP contribution in [0.25, 0.3) is 5.65 Å². The van der Waals surface area contributed by atoms with Crippen molar-refractivity contribution in [2.24, 2.45) is 5.92 Å². The van der Waals surface area contributed by atoms with E-state index in [1.807, 2.05) is 18.7 Å². The number of nitrogens with zero attached hydrogens (tertiary/aromatic N) is 5. The molecular formula is C22H24F5N5. The topological polar surface area (TPSA) is 36.7 Å². The van der Waals surface area contributed by atoms with Gasteiger partial charge in [-0.05, 0) is 29.7 Å². The van der Waals surface area contributed by atoms with Crippen molar-refractivity contribution in [3.63, 3.8) is 0 Å². The summed E-state index contributed by atoms with van der Waals surface area (Å²) in [5, 5.41) is 7.84. The fourth-order valence-corrected chi connectivity index (χ4v) is 4.11. The van der Waals surface area contributed by atoms with E-state index in [1.54, 1.807) is 11.1 Å². The molecule has 0 N–H and O–H groups in total. The van der Waals surface area contributed by atoms with Crippen molar-refractivity contribution in [3.05, 3.63) is 59.0 Å². The van der Waals surface area contributed by atoms with E-state index in [2.05, 4.69) is 10.2 Å². The standard InChI is InChI=1S/C22H24F5N5/c1-14(2)11-19-28-29-21-20(22(25,26)27)15(5-6-32(19)21)13-30-7-9-31(10-8-30)18-4-3-16(23)12-17(18)24/h3-6,12,14H,7-11,13H2,1-2H3. The molecule has 172 valence electrons. The second-order valence-electron chi connectivity index (χ2n) is 8.48. The van der Waals surface area contributed by atoms with Gasteiger partial charge < -0.3 is 4.90 Å². The Bertz CT molecular complexity index is 1100. The first-order valence-electron chi connectivity index (χ1n) is 10.5. The molecule has 1 aliphatic rings. The van der Waals surface area contributed by atoms with Crippen LogP contribution in [0.3, 0.4) is 0 Å². The summed E-state index contributed by atoms with van der Waals surface area (Å²) in [6.07, 6.45) is -2.44. The molecule has 1 aromatic carbocycles. The number of benzene rings is 1. The minimum absolute atomic E-state index is 0.0947. The van der Waals surface area contributed by atoms with Crippen molar-refractivity contribution in [2.75, 3.05) is 31.1 Å². The molecule has 1 aliphatic heterocycles. The van der Waals surface area contributed by atoms with Crippen molar-refractivity contribution in [1.82, 2.24) is 19.5 Å². The van der Waals surface area contributed by atoms with E-state index in [9.17, 15) is 22.0 Å². The van der Waals surface area contributed by atoms with Crippen LogP contribution in [0.1, 0.15) is 30.8 Å². The lowest BCUT2D eigenvalue weighted by Gasteiger charge is -2.36. The molecule has 0 amide bonds. The Morgan fingerprint density at radius 1 is 1.00 bits per heavy atom. The van der Waals surface area contributed by atoms with Gasteiger partial charge in [-0.3, -0.25) is 9.30 Å². The molecule has 5 nitrogen and oxygen atoms in total. The summed E-state index contributed by atoms with van der Waals surface area (Å²) in [7, 11) is 0. The van der Waals surface area contributed by atoms with Gasteiger partial charge >= 0.3 is 6.18 Å². The van der Waals surface area contributed by atoms with Crippen molar-refractivity contribution >= 4 is 11.3 Å². The van der Waals surface area contributed by atoms with E-state index >= 15 is 0 Å². The van der Waals surface area contributed by atoms with E-state index in [1.165, 1.54) is 22.6 Å². The van der Waals surface area contributed by atoms with Crippen LogP contribution in [0.4, 0.5) is 27.6 Å². The van der Waals surface area contributed by atoms with Gasteiger partial charge in [0.05, 0.1) is 5.69 Å². The second kappa shape index (κ2) is 8.65. The normalized spacial score (nSPS) is 15.8. The lowest BCUT2D eigenvalue weighted by molar-refractivity contribution is -0.137. The van der Waals surface area contributed by atoms with Crippen LogP contribution in [0.5, 0.6) is 0 Å². The average molecular weight is 453 g/mol. The highest BCUT2D eigenvalue weighted by Gasteiger charge is 2.38. The molecule has 1 saturated heterocycles. The summed E-state index contributed by atoms with van der Waals surface area (Å²) < 4.78 is 70.6. The highest BCUT2D eigenvalue weighted by Crippen LogP contribution is 2.36. The van der Waals surface area contributed by atoms with Crippen LogP contribution in [0, 0.1) is 17.6 Å². The van der Waals surface area contributed by atoms with E-state index in [4.69, 9.17) is 0 Å². The Labute approximate surface area is 182 Å². The van der Waals surface area contributed by atoms with Crippen LogP contribution in [0.15, 0.2) is 30.5 Å². The third kappa shape index (κ3) is 4.55. The van der Waals surface area contributed by atoms with Gasteiger partial charge in [-0.1, -0.05) is 13.8 Å².